The maximum atomic E-state index is 11.6. The minimum Gasteiger partial charge on any atom is -0.478 e. The van der Waals surface area contributed by atoms with Gasteiger partial charge in [-0.1, -0.05) is 19.1 Å². The summed E-state index contributed by atoms with van der Waals surface area (Å²) in [5, 5.41) is 18.1. The topological polar surface area (TPSA) is 83.8 Å². The predicted octanol–water partition coefficient (Wildman–Crippen LogP) is 1.31. The molecule has 0 aliphatic rings. The number of carbonyl (C=O) groups excluding carboxylic acids is 1. The Kier molecular flexibility index (Phi) is 4.66. The fraction of sp³-hybridized carbons (Fsp3) is 0.333. The third-order valence-corrected chi connectivity index (χ3v) is 2.26. The van der Waals surface area contributed by atoms with E-state index in [0.29, 0.717) is 6.42 Å². The van der Waals surface area contributed by atoms with Crippen LogP contribution >= 0.6 is 0 Å². The highest BCUT2D eigenvalue weighted by Gasteiger charge is 2.17. The second-order valence-electron chi connectivity index (χ2n) is 3.51. The summed E-state index contributed by atoms with van der Waals surface area (Å²) < 4.78 is 4.82. The van der Waals surface area contributed by atoms with Gasteiger partial charge in [0.25, 0.3) is 0 Å². The van der Waals surface area contributed by atoms with Crippen LogP contribution in [-0.2, 0) is 4.74 Å². The molecule has 5 heteroatoms. The predicted molar refractivity (Wildman–Crippen MR) is 60.0 cm³/mol. The van der Waals surface area contributed by atoms with Crippen LogP contribution in [0.4, 0.5) is 0 Å². The number of carboxylic acids is 1. The number of hydrogen-bond donors (Lipinski definition) is 2. The molecule has 0 saturated heterocycles. The van der Waals surface area contributed by atoms with Crippen molar-refractivity contribution in [1.82, 2.24) is 0 Å². The normalized spacial score (nSPS) is 11.9. The highest BCUT2D eigenvalue weighted by molar-refractivity contribution is 6.02. The van der Waals surface area contributed by atoms with Gasteiger partial charge in [-0.2, -0.15) is 0 Å². The van der Waals surface area contributed by atoms with Gasteiger partial charge < -0.3 is 14.9 Å². The van der Waals surface area contributed by atoms with Gasteiger partial charge in [0.1, 0.15) is 6.61 Å². The van der Waals surface area contributed by atoms with Gasteiger partial charge in [0.05, 0.1) is 17.2 Å². The molecule has 0 aromatic heterocycles. The Balaban J connectivity index is 2.78. The van der Waals surface area contributed by atoms with E-state index < -0.39 is 18.0 Å². The minimum atomic E-state index is -1.19. The fourth-order valence-corrected chi connectivity index (χ4v) is 1.22. The molecule has 0 aliphatic heterocycles. The number of carboxylic acid groups (broad SMARTS) is 1. The number of aliphatic hydroxyl groups excluding tert-OH is 1. The van der Waals surface area contributed by atoms with Crippen LogP contribution in [0.25, 0.3) is 0 Å². The van der Waals surface area contributed by atoms with E-state index >= 15 is 0 Å². The molecule has 1 unspecified atom stereocenters. The van der Waals surface area contributed by atoms with Crippen molar-refractivity contribution < 1.29 is 24.5 Å². The van der Waals surface area contributed by atoms with E-state index in [9.17, 15) is 14.7 Å². The first-order valence-corrected chi connectivity index (χ1v) is 5.23. The third-order valence-electron chi connectivity index (χ3n) is 2.26. The molecular formula is C12H14O5. The van der Waals surface area contributed by atoms with E-state index in [1.165, 1.54) is 18.2 Å². The number of hydrogen-bond acceptors (Lipinski definition) is 4. The summed E-state index contributed by atoms with van der Waals surface area (Å²) in [6.07, 6.45) is -0.260. The number of ether oxygens (including phenoxy) is 1. The Morgan fingerprint density at radius 3 is 2.41 bits per heavy atom. The van der Waals surface area contributed by atoms with Crippen molar-refractivity contribution in [3.8, 4) is 0 Å². The van der Waals surface area contributed by atoms with Gasteiger partial charge in [0.2, 0.25) is 0 Å². The molecule has 92 valence electrons. The van der Waals surface area contributed by atoms with Gasteiger partial charge in [-0.3, -0.25) is 0 Å². The molecule has 1 atom stereocenters. The van der Waals surface area contributed by atoms with Crippen LogP contribution in [0.2, 0.25) is 0 Å². The first-order valence-electron chi connectivity index (χ1n) is 5.23. The lowest BCUT2D eigenvalue weighted by atomic mass is 10.1. The SMILES string of the molecule is CCC(O)COC(=O)c1ccccc1C(=O)O. The molecule has 0 radical (unpaired) electrons. The Morgan fingerprint density at radius 2 is 1.88 bits per heavy atom. The summed E-state index contributed by atoms with van der Waals surface area (Å²) in [6, 6.07) is 5.79. The van der Waals surface area contributed by atoms with E-state index in [0.717, 1.165) is 0 Å². The molecule has 0 fully saturated rings. The Hall–Kier alpha value is -1.88. The lowest BCUT2D eigenvalue weighted by molar-refractivity contribution is 0.0246. The molecule has 2 N–H and O–H groups in total. The number of benzene rings is 1. The van der Waals surface area contributed by atoms with E-state index in [1.807, 2.05) is 0 Å². The summed E-state index contributed by atoms with van der Waals surface area (Å²) in [7, 11) is 0. The minimum absolute atomic E-state index is 0.0108. The molecule has 0 bridgehead atoms. The summed E-state index contributed by atoms with van der Waals surface area (Å²) in [4.78, 5) is 22.5. The summed E-state index contributed by atoms with van der Waals surface area (Å²) in [5.41, 5.74) is -0.119. The van der Waals surface area contributed by atoms with E-state index in [4.69, 9.17) is 9.84 Å². The quantitative estimate of drug-likeness (QED) is 0.755. The molecule has 5 nitrogen and oxygen atoms in total. The second kappa shape index (κ2) is 6.00. The van der Waals surface area contributed by atoms with Crippen LogP contribution in [0.1, 0.15) is 34.1 Å². The fourth-order valence-electron chi connectivity index (χ4n) is 1.22. The van der Waals surface area contributed by atoms with Crippen LogP contribution in [-0.4, -0.2) is 34.9 Å². The smallest absolute Gasteiger partial charge is 0.339 e. The van der Waals surface area contributed by atoms with Crippen LogP contribution in [0.5, 0.6) is 0 Å². The molecule has 0 saturated carbocycles. The van der Waals surface area contributed by atoms with Crippen LogP contribution in [0, 0.1) is 0 Å². The molecular weight excluding hydrogens is 224 g/mol. The molecule has 0 aliphatic carbocycles. The van der Waals surface area contributed by atoms with E-state index in [2.05, 4.69) is 0 Å². The van der Waals surface area contributed by atoms with Crippen molar-refractivity contribution in [2.45, 2.75) is 19.4 Å². The van der Waals surface area contributed by atoms with Gasteiger partial charge in [-0.15, -0.1) is 0 Å². The van der Waals surface area contributed by atoms with Crippen molar-refractivity contribution in [3.05, 3.63) is 35.4 Å². The Morgan fingerprint density at radius 1 is 1.29 bits per heavy atom. The zero-order valence-corrected chi connectivity index (χ0v) is 9.42. The molecule has 0 amide bonds. The number of carbonyl (C=O) groups is 2. The van der Waals surface area contributed by atoms with Crippen molar-refractivity contribution in [1.29, 1.82) is 0 Å². The molecule has 1 aromatic rings. The highest BCUT2D eigenvalue weighted by Crippen LogP contribution is 2.10. The Labute approximate surface area is 98.6 Å². The third kappa shape index (κ3) is 3.57. The van der Waals surface area contributed by atoms with Gasteiger partial charge in [0.15, 0.2) is 0 Å². The molecule has 0 spiro atoms. The zero-order chi connectivity index (χ0) is 12.8. The summed E-state index contributed by atoms with van der Waals surface area (Å²) >= 11 is 0. The van der Waals surface area contributed by atoms with E-state index in [1.54, 1.807) is 13.0 Å². The van der Waals surface area contributed by atoms with E-state index in [-0.39, 0.29) is 17.7 Å². The number of aromatic carboxylic acids is 1. The monoisotopic (exact) mass is 238 g/mol. The van der Waals surface area contributed by atoms with Crippen molar-refractivity contribution in [2.75, 3.05) is 6.61 Å². The first kappa shape index (κ1) is 13.2. The zero-order valence-electron chi connectivity index (χ0n) is 9.42. The summed E-state index contributed by atoms with van der Waals surface area (Å²) in [6.45, 7) is 1.62. The first-order chi connectivity index (χ1) is 8.06. The lowest BCUT2D eigenvalue weighted by Crippen LogP contribution is -2.19. The van der Waals surface area contributed by atoms with Gasteiger partial charge in [-0.25, -0.2) is 9.59 Å². The Bertz CT molecular complexity index is 413. The average molecular weight is 238 g/mol. The van der Waals surface area contributed by atoms with Crippen molar-refractivity contribution >= 4 is 11.9 Å². The van der Waals surface area contributed by atoms with Gasteiger partial charge in [0, 0.05) is 0 Å². The number of rotatable bonds is 5. The molecule has 17 heavy (non-hydrogen) atoms. The number of esters is 1. The standard InChI is InChI=1S/C12H14O5/c1-2-8(13)7-17-12(16)10-6-4-3-5-9(10)11(14)15/h3-6,8,13H,2,7H2,1H3,(H,14,15). The highest BCUT2D eigenvalue weighted by atomic mass is 16.5. The maximum absolute atomic E-state index is 11.6. The molecule has 1 rings (SSSR count). The maximum Gasteiger partial charge on any atom is 0.339 e. The average Bonchev–Trinajstić information content (AvgIpc) is 2.35. The van der Waals surface area contributed by atoms with Crippen molar-refractivity contribution in [2.24, 2.45) is 0 Å². The summed E-state index contributed by atoms with van der Waals surface area (Å²) in [5.74, 6) is -1.93. The largest absolute Gasteiger partial charge is 0.478 e. The van der Waals surface area contributed by atoms with Crippen LogP contribution < -0.4 is 0 Å². The second-order valence-corrected chi connectivity index (χ2v) is 3.51. The number of aliphatic hydroxyl groups is 1. The molecule has 0 heterocycles. The van der Waals surface area contributed by atoms with Gasteiger partial charge in [-0.05, 0) is 18.6 Å². The molecule has 1 aromatic carbocycles. The van der Waals surface area contributed by atoms with Crippen LogP contribution in [0.15, 0.2) is 24.3 Å². The van der Waals surface area contributed by atoms with Crippen molar-refractivity contribution in [3.63, 3.8) is 0 Å². The lowest BCUT2D eigenvalue weighted by Gasteiger charge is -2.10. The van der Waals surface area contributed by atoms with Crippen LogP contribution in [0.3, 0.4) is 0 Å². The van der Waals surface area contributed by atoms with Gasteiger partial charge >= 0.3 is 11.9 Å².